The van der Waals surface area contributed by atoms with Crippen LogP contribution in [0.3, 0.4) is 0 Å². The maximum absolute atomic E-state index is 12.8. The highest BCUT2D eigenvalue weighted by atomic mass is 32.2. The summed E-state index contributed by atoms with van der Waals surface area (Å²) in [6.07, 6.45) is 6.00. The van der Waals surface area contributed by atoms with Crippen LogP contribution in [0.5, 0.6) is 0 Å². The van der Waals surface area contributed by atoms with Gasteiger partial charge < -0.3 is 10.5 Å². The number of benzene rings is 1. The van der Waals surface area contributed by atoms with Gasteiger partial charge in [-0.1, -0.05) is 6.08 Å². The summed E-state index contributed by atoms with van der Waals surface area (Å²) in [5.74, 6) is -0.535. The van der Waals surface area contributed by atoms with E-state index in [2.05, 4.69) is 6.08 Å². The molecule has 2 aliphatic rings. The van der Waals surface area contributed by atoms with Gasteiger partial charge in [-0.25, -0.2) is 8.42 Å². The largest absolute Gasteiger partial charge is 0.379 e. The minimum atomic E-state index is -3.59. The average molecular weight is 350 g/mol. The van der Waals surface area contributed by atoms with Gasteiger partial charge >= 0.3 is 0 Å². The molecule has 2 N–H and O–H groups in total. The molecule has 1 heterocycles. The van der Waals surface area contributed by atoms with E-state index in [1.165, 1.54) is 16.4 Å². The molecule has 0 atom stereocenters. The van der Waals surface area contributed by atoms with Crippen LogP contribution in [0.1, 0.15) is 41.6 Å². The number of sulfonamides is 1. The normalized spacial score (nSPS) is 19.8. The van der Waals surface area contributed by atoms with Crippen molar-refractivity contribution in [3.05, 3.63) is 35.4 Å². The third-order valence-corrected chi connectivity index (χ3v) is 6.40. The first kappa shape index (κ1) is 17.1. The predicted molar refractivity (Wildman–Crippen MR) is 91.0 cm³/mol. The zero-order valence-electron chi connectivity index (χ0n) is 13.5. The molecule has 1 aliphatic carbocycles. The summed E-state index contributed by atoms with van der Waals surface area (Å²) >= 11 is 0. The fourth-order valence-electron chi connectivity index (χ4n) is 3.18. The summed E-state index contributed by atoms with van der Waals surface area (Å²) in [6.45, 7) is 1.49. The first-order valence-electron chi connectivity index (χ1n) is 8.21. The second-order valence-electron chi connectivity index (χ2n) is 6.06. The number of amides is 1. The summed E-state index contributed by atoms with van der Waals surface area (Å²) in [4.78, 5) is 12.0. The first-order valence-corrected chi connectivity index (χ1v) is 9.65. The predicted octanol–water partition coefficient (Wildman–Crippen LogP) is 1.76. The molecule has 0 saturated carbocycles. The van der Waals surface area contributed by atoms with Crippen molar-refractivity contribution >= 4 is 21.5 Å². The Morgan fingerprint density at radius 3 is 2.54 bits per heavy atom. The van der Waals surface area contributed by atoms with Gasteiger partial charge in [0.25, 0.3) is 0 Å². The maximum atomic E-state index is 12.8. The standard InChI is InChI=1S/C17H22N2O4S/c18-17(20)15-7-6-14(12-16(15)13-4-2-1-3-5-13)24(21,22)19-8-10-23-11-9-19/h4,6-7,12H,1-3,5,8-11H2,(H2,18,20). The Kier molecular flexibility index (Phi) is 5.03. The Labute approximate surface area is 142 Å². The minimum absolute atomic E-state index is 0.205. The molecule has 1 saturated heterocycles. The van der Waals surface area contributed by atoms with Gasteiger partial charge in [-0.3, -0.25) is 4.79 Å². The van der Waals surface area contributed by atoms with Crippen molar-refractivity contribution in [3.63, 3.8) is 0 Å². The molecule has 6 nitrogen and oxygen atoms in total. The van der Waals surface area contributed by atoms with Crippen molar-refractivity contribution in [2.45, 2.75) is 30.6 Å². The van der Waals surface area contributed by atoms with Gasteiger partial charge in [0, 0.05) is 18.7 Å². The molecule has 7 heteroatoms. The van der Waals surface area contributed by atoms with E-state index in [4.69, 9.17) is 10.5 Å². The van der Waals surface area contributed by atoms with Gasteiger partial charge in [0.15, 0.2) is 0 Å². The van der Waals surface area contributed by atoms with Crippen LogP contribution in [-0.4, -0.2) is 44.9 Å². The van der Waals surface area contributed by atoms with Gasteiger partial charge in [0.1, 0.15) is 0 Å². The number of rotatable bonds is 4. The molecule has 1 fully saturated rings. The van der Waals surface area contributed by atoms with Crippen molar-refractivity contribution in [2.24, 2.45) is 5.73 Å². The lowest BCUT2D eigenvalue weighted by Gasteiger charge is -2.26. The summed E-state index contributed by atoms with van der Waals surface area (Å²) in [5.41, 5.74) is 7.52. The van der Waals surface area contributed by atoms with E-state index < -0.39 is 15.9 Å². The molecule has 0 bridgehead atoms. The number of hydrogen-bond donors (Lipinski definition) is 1. The zero-order chi connectivity index (χ0) is 17.2. The smallest absolute Gasteiger partial charge is 0.249 e. The molecule has 1 aliphatic heterocycles. The third-order valence-electron chi connectivity index (χ3n) is 4.50. The number of primary amides is 1. The molecule has 0 aromatic heterocycles. The average Bonchev–Trinajstić information content (AvgIpc) is 2.62. The lowest BCUT2D eigenvalue weighted by Crippen LogP contribution is -2.40. The Hall–Kier alpha value is -1.70. The van der Waals surface area contributed by atoms with Crippen molar-refractivity contribution in [1.82, 2.24) is 4.31 Å². The number of allylic oxidation sites excluding steroid dienone is 2. The van der Waals surface area contributed by atoms with Crippen LogP contribution in [0.15, 0.2) is 29.2 Å². The van der Waals surface area contributed by atoms with E-state index in [-0.39, 0.29) is 4.90 Å². The summed E-state index contributed by atoms with van der Waals surface area (Å²) in [6, 6.07) is 4.60. The van der Waals surface area contributed by atoms with Crippen LogP contribution in [0.2, 0.25) is 0 Å². The second-order valence-corrected chi connectivity index (χ2v) is 8.00. The van der Waals surface area contributed by atoms with E-state index in [0.717, 1.165) is 31.3 Å². The van der Waals surface area contributed by atoms with Gasteiger partial charge in [0.05, 0.1) is 18.1 Å². The van der Waals surface area contributed by atoms with E-state index in [1.807, 2.05) is 0 Å². The molecule has 1 aromatic carbocycles. The van der Waals surface area contributed by atoms with Gasteiger partial charge in [-0.2, -0.15) is 4.31 Å². The Morgan fingerprint density at radius 1 is 1.17 bits per heavy atom. The molecule has 1 aromatic rings. The number of nitrogens with zero attached hydrogens (tertiary/aromatic N) is 1. The molecule has 24 heavy (non-hydrogen) atoms. The van der Waals surface area contributed by atoms with Crippen LogP contribution in [0, 0.1) is 0 Å². The first-order chi connectivity index (χ1) is 11.5. The molecule has 0 spiro atoms. The molecule has 130 valence electrons. The van der Waals surface area contributed by atoms with Crippen molar-refractivity contribution < 1.29 is 17.9 Å². The van der Waals surface area contributed by atoms with E-state index in [1.54, 1.807) is 6.07 Å². The fraction of sp³-hybridized carbons (Fsp3) is 0.471. The molecule has 3 rings (SSSR count). The zero-order valence-corrected chi connectivity index (χ0v) is 14.3. The lowest BCUT2D eigenvalue weighted by molar-refractivity contribution is 0.0730. The number of ether oxygens (including phenoxy) is 1. The van der Waals surface area contributed by atoms with Gasteiger partial charge in [-0.05, 0) is 55.0 Å². The highest BCUT2D eigenvalue weighted by Gasteiger charge is 2.27. The second kappa shape index (κ2) is 7.04. The highest BCUT2D eigenvalue weighted by Crippen LogP contribution is 2.31. The maximum Gasteiger partial charge on any atom is 0.249 e. The molecule has 1 amide bonds. The van der Waals surface area contributed by atoms with Crippen LogP contribution in [0.4, 0.5) is 0 Å². The van der Waals surface area contributed by atoms with Gasteiger partial charge in [0.2, 0.25) is 15.9 Å². The van der Waals surface area contributed by atoms with Crippen molar-refractivity contribution in [2.75, 3.05) is 26.3 Å². The number of nitrogens with two attached hydrogens (primary N) is 1. The molecule has 0 radical (unpaired) electrons. The Bertz CT molecular complexity index is 765. The Balaban J connectivity index is 2.03. The van der Waals surface area contributed by atoms with Crippen LogP contribution >= 0.6 is 0 Å². The van der Waals surface area contributed by atoms with Crippen LogP contribution in [-0.2, 0) is 14.8 Å². The highest BCUT2D eigenvalue weighted by molar-refractivity contribution is 7.89. The number of morpholine rings is 1. The lowest BCUT2D eigenvalue weighted by atomic mass is 9.90. The number of carbonyl (C=O) groups excluding carboxylic acids is 1. The fourth-order valence-corrected chi connectivity index (χ4v) is 4.62. The van der Waals surface area contributed by atoms with E-state index >= 15 is 0 Å². The van der Waals surface area contributed by atoms with E-state index in [9.17, 15) is 13.2 Å². The van der Waals surface area contributed by atoms with E-state index in [0.29, 0.717) is 37.4 Å². The quantitative estimate of drug-likeness (QED) is 0.896. The summed E-state index contributed by atoms with van der Waals surface area (Å²) in [7, 11) is -3.59. The van der Waals surface area contributed by atoms with Crippen molar-refractivity contribution in [3.8, 4) is 0 Å². The van der Waals surface area contributed by atoms with Crippen LogP contribution < -0.4 is 5.73 Å². The molecule has 0 unspecified atom stereocenters. The minimum Gasteiger partial charge on any atom is -0.379 e. The summed E-state index contributed by atoms with van der Waals surface area (Å²) in [5, 5.41) is 0. The molecular weight excluding hydrogens is 328 g/mol. The number of hydrogen-bond acceptors (Lipinski definition) is 4. The topological polar surface area (TPSA) is 89.7 Å². The van der Waals surface area contributed by atoms with Crippen molar-refractivity contribution in [1.29, 1.82) is 0 Å². The Morgan fingerprint density at radius 2 is 1.92 bits per heavy atom. The van der Waals surface area contributed by atoms with Crippen LogP contribution in [0.25, 0.3) is 5.57 Å². The SMILES string of the molecule is NC(=O)c1ccc(S(=O)(=O)N2CCOCC2)cc1C1=CCCCC1. The number of carbonyl (C=O) groups is 1. The van der Waals surface area contributed by atoms with Gasteiger partial charge in [-0.15, -0.1) is 0 Å². The summed E-state index contributed by atoms with van der Waals surface area (Å²) < 4.78 is 32.3. The third kappa shape index (κ3) is 3.38. The monoisotopic (exact) mass is 350 g/mol. The molecular formula is C17H22N2O4S.